The summed E-state index contributed by atoms with van der Waals surface area (Å²) in [6.07, 6.45) is 1.63. The van der Waals surface area contributed by atoms with Crippen LogP contribution in [-0.4, -0.2) is 19.9 Å². The summed E-state index contributed by atoms with van der Waals surface area (Å²) in [5.41, 5.74) is 2.15. The standard InChI is InChI=1S/C13H12N4O3/c1-8-10(9(2)19-15-8)7-17-12(16-20-13(17)18)11-5-3-4-6-14-11/h3-6H,7H2,1-2H3. The van der Waals surface area contributed by atoms with Crippen molar-refractivity contribution in [2.75, 3.05) is 0 Å². The van der Waals surface area contributed by atoms with Crippen molar-refractivity contribution in [1.82, 2.24) is 19.9 Å². The molecule has 0 aromatic carbocycles. The van der Waals surface area contributed by atoms with Gasteiger partial charge in [0.15, 0.2) is 0 Å². The van der Waals surface area contributed by atoms with E-state index in [1.807, 2.05) is 13.0 Å². The minimum Gasteiger partial charge on any atom is -0.361 e. The highest BCUT2D eigenvalue weighted by Crippen LogP contribution is 2.17. The van der Waals surface area contributed by atoms with Crippen LogP contribution in [0.2, 0.25) is 0 Å². The van der Waals surface area contributed by atoms with Crippen molar-refractivity contribution in [2.24, 2.45) is 0 Å². The Kier molecular flexibility index (Phi) is 2.94. The van der Waals surface area contributed by atoms with E-state index in [0.717, 1.165) is 11.3 Å². The summed E-state index contributed by atoms with van der Waals surface area (Å²) in [4.78, 5) is 16.0. The van der Waals surface area contributed by atoms with E-state index in [4.69, 9.17) is 9.05 Å². The molecule has 0 aliphatic heterocycles. The Hall–Kier alpha value is -2.70. The molecule has 0 spiro atoms. The summed E-state index contributed by atoms with van der Waals surface area (Å²) in [6, 6.07) is 5.38. The van der Waals surface area contributed by atoms with Gasteiger partial charge in [-0.15, -0.1) is 0 Å². The van der Waals surface area contributed by atoms with Crippen molar-refractivity contribution in [3.63, 3.8) is 0 Å². The zero-order valence-electron chi connectivity index (χ0n) is 11.0. The first-order chi connectivity index (χ1) is 9.66. The van der Waals surface area contributed by atoms with Crippen LogP contribution < -0.4 is 5.76 Å². The molecule has 7 nitrogen and oxygen atoms in total. The van der Waals surface area contributed by atoms with Gasteiger partial charge in [-0.2, -0.15) is 0 Å². The SMILES string of the molecule is Cc1noc(C)c1Cn1c(-c2ccccn2)noc1=O. The molecule has 0 saturated carbocycles. The maximum Gasteiger partial charge on any atom is 0.442 e. The third-order valence-corrected chi connectivity index (χ3v) is 3.08. The zero-order valence-corrected chi connectivity index (χ0v) is 11.0. The average molecular weight is 272 g/mol. The second-order valence-electron chi connectivity index (χ2n) is 4.38. The number of nitrogens with zero attached hydrogens (tertiary/aromatic N) is 4. The molecule has 3 heterocycles. The summed E-state index contributed by atoms with van der Waals surface area (Å²) in [5.74, 6) is 0.517. The Balaban J connectivity index is 2.07. The second kappa shape index (κ2) is 4.76. The van der Waals surface area contributed by atoms with Crippen LogP contribution >= 0.6 is 0 Å². The highest BCUT2D eigenvalue weighted by molar-refractivity contribution is 5.48. The van der Waals surface area contributed by atoms with Gasteiger partial charge in [-0.05, 0) is 26.0 Å². The molecule has 0 N–H and O–H groups in total. The van der Waals surface area contributed by atoms with Gasteiger partial charge in [0, 0.05) is 11.8 Å². The first-order valence-electron chi connectivity index (χ1n) is 6.06. The minimum atomic E-state index is -0.536. The largest absolute Gasteiger partial charge is 0.442 e. The van der Waals surface area contributed by atoms with Crippen molar-refractivity contribution < 1.29 is 9.05 Å². The number of aryl methyl sites for hydroxylation is 2. The van der Waals surface area contributed by atoms with Gasteiger partial charge in [0.2, 0.25) is 5.82 Å². The molecule has 102 valence electrons. The molecule has 3 rings (SSSR count). The van der Waals surface area contributed by atoms with E-state index in [1.165, 1.54) is 4.57 Å². The van der Waals surface area contributed by atoms with Gasteiger partial charge >= 0.3 is 5.76 Å². The monoisotopic (exact) mass is 272 g/mol. The van der Waals surface area contributed by atoms with Crippen LogP contribution in [0.4, 0.5) is 0 Å². The van der Waals surface area contributed by atoms with Crippen molar-refractivity contribution >= 4 is 0 Å². The molecule has 0 atom stereocenters. The number of hydrogen-bond acceptors (Lipinski definition) is 6. The smallest absolute Gasteiger partial charge is 0.361 e. The summed E-state index contributed by atoms with van der Waals surface area (Å²) >= 11 is 0. The van der Waals surface area contributed by atoms with Crippen LogP contribution in [0.25, 0.3) is 11.5 Å². The molecule has 0 bridgehead atoms. The zero-order chi connectivity index (χ0) is 14.1. The molecule has 3 aromatic heterocycles. The molecule has 0 aliphatic carbocycles. The number of pyridine rings is 1. The highest BCUT2D eigenvalue weighted by atomic mass is 16.5. The fourth-order valence-electron chi connectivity index (χ4n) is 1.97. The van der Waals surface area contributed by atoms with E-state index >= 15 is 0 Å². The Morgan fingerprint density at radius 2 is 2.05 bits per heavy atom. The topological polar surface area (TPSA) is 86.9 Å². The summed E-state index contributed by atoms with van der Waals surface area (Å²) in [6.45, 7) is 3.91. The molecule has 0 saturated heterocycles. The van der Waals surface area contributed by atoms with E-state index in [2.05, 4.69) is 15.3 Å². The predicted molar refractivity (Wildman–Crippen MR) is 69.1 cm³/mol. The number of rotatable bonds is 3. The normalized spacial score (nSPS) is 10.9. The van der Waals surface area contributed by atoms with Crippen LogP contribution in [0.3, 0.4) is 0 Å². The molecule has 0 aliphatic rings. The molecule has 0 amide bonds. The maximum absolute atomic E-state index is 11.8. The van der Waals surface area contributed by atoms with E-state index in [0.29, 0.717) is 17.3 Å². The summed E-state index contributed by atoms with van der Waals surface area (Å²) in [5, 5.41) is 7.66. The van der Waals surface area contributed by atoms with E-state index in [9.17, 15) is 4.79 Å². The third kappa shape index (κ3) is 2.03. The van der Waals surface area contributed by atoms with Crippen LogP contribution in [0.15, 0.2) is 38.2 Å². The third-order valence-electron chi connectivity index (χ3n) is 3.08. The van der Waals surface area contributed by atoms with Crippen molar-refractivity contribution in [3.8, 4) is 11.5 Å². The lowest BCUT2D eigenvalue weighted by Gasteiger charge is -2.03. The van der Waals surface area contributed by atoms with E-state index in [1.54, 1.807) is 25.3 Å². The van der Waals surface area contributed by atoms with Crippen LogP contribution in [-0.2, 0) is 6.54 Å². The van der Waals surface area contributed by atoms with Gasteiger partial charge in [0.05, 0.1) is 12.2 Å². The fraction of sp³-hybridized carbons (Fsp3) is 0.231. The molecule has 0 radical (unpaired) electrons. The predicted octanol–water partition coefficient (Wildman–Crippen LogP) is 1.55. The Bertz CT molecular complexity index is 766. The minimum absolute atomic E-state index is 0.287. The lowest BCUT2D eigenvalue weighted by atomic mass is 10.2. The van der Waals surface area contributed by atoms with E-state index in [-0.39, 0.29) is 6.54 Å². The first-order valence-corrected chi connectivity index (χ1v) is 6.06. The summed E-state index contributed by atoms with van der Waals surface area (Å²) < 4.78 is 11.3. The van der Waals surface area contributed by atoms with Crippen molar-refractivity contribution in [2.45, 2.75) is 20.4 Å². The lowest BCUT2D eigenvalue weighted by molar-refractivity contribution is 0.377. The number of aromatic nitrogens is 4. The van der Waals surface area contributed by atoms with Gasteiger partial charge < -0.3 is 4.52 Å². The van der Waals surface area contributed by atoms with Crippen molar-refractivity contribution in [1.29, 1.82) is 0 Å². The maximum atomic E-state index is 11.8. The lowest BCUT2D eigenvalue weighted by Crippen LogP contribution is -2.17. The molecule has 7 heteroatoms. The van der Waals surface area contributed by atoms with E-state index < -0.39 is 5.76 Å². The van der Waals surface area contributed by atoms with Crippen molar-refractivity contribution in [3.05, 3.63) is 52.0 Å². The van der Waals surface area contributed by atoms with Gasteiger partial charge in [0.25, 0.3) is 0 Å². The molecule has 20 heavy (non-hydrogen) atoms. The fourth-order valence-corrected chi connectivity index (χ4v) is 1.97. The van der Waals surface area contributed by atoms with Crippen LogP contribution in [0, 0.1) is 13.8 Å². The van der Waals surface area contributed by atoms with Gasteiger partial charge in [-0.3, -0.25) is 14.1 Å². The Labute approximate surface area is 113 Å². The Morgan fingerprint density at radius 1 is 1.20 bits per heavy atom. The molecular weight excluding hydrogens is 260 g/mol. The average Bonchev–Trinajstić information content (AvgIpc) is 2.98. The first kappa shape index (κ1) is 12.3. The summed E-state index contributed by atoms with van der Waals surface area (Å²) in [7, 11) is 0. The molecule has 0 fully saturated rings. The quantitative estimate of drug-likeness (QED) is 0.719. The molecule has 3 aromatic rings. The molecular formula is C13H12N4O3. The van der Waals surface area contributed by atoms with Gasteiger partial charge in [-0.25, -0.2) is 4.79 Å². The van der Waals surface area contributed by atoms with Gasteiger partial charge in [-0.1, -0.05) is 16.4 Å². The van der Waals surface area contributed by atoms with Crippen LogP contribution in [0.1, 0.15) is 17.0 Å². The van der Waals surface area contributed by atoms with Gasteiger partial charge in [0.1, 0.15) is 11.5 Å². The highest BCUT2D eigenvalue weighted by Gasteiger charge is 2.17. The molecule has 0 unspecified atom stereocenters. The van der Waals surface area contributed by atoms with Crippen LogP contribution in [0.5, 0.6) is 0 Å². The number of hydrogen-bond donors (Lipinski definition) is 0. The second-order valence-corrected chi connectivity index (χ2v) is 4.38. The Morgan fingerprint density at radius 3 is 2.70 bits per heavy atom.